The average molecular weight is 380 g/mol. The van der Waals surface area contributed by atoms with Gasteiger partial charge in [0.1, 0.15) is 5.75 Å². The zero-order valence-corrected chi connectivity index (χ0v) is 15.8. The van der Waals surface area contributed by atoms with Gasteiger partial charge in [-0.1, -0.05) is 42.1 Å². The molecule has 0 bridgehead atoms. The van der Waals surface area contributed by atoms with Gasteiger partial charge in [0.2, 0.25) is 5.91 Å². The van der Waals surface area contributed by atoms with Crippen molar-refractivity contribution in [1.82, 2.24) is 20.1 Å². The van der Waals surface area contributed by atoms with Crippen LogP contribution in [0.25, 0.3) is 17.1 Å². The Morgan fingerprint density at radius 1 is 1.15 bits per heavy atom. The molecule has 0 saturated heterocycles. The highest BCUT2D eigenvalue weighted by molar-refractivity contribution is 7.99. The van der Waals surface area contributed by atoms with Crippen LogP contribution in [0.1, 0.15) is 12.8 Å². The highest BCUT2D eigenvalue weighted by Crippen LogP contribution is 2.29. The topological polar surface area (TPSA) is 69.0 Å². The highest BCUT2D eigenvalue weighted by Gasteiger charge is 2.24. The lowest BCUT2D eigenvalue weighted by molar-refractivity contribution is -0.118. The number of benzene rings is 2. The zero-order chi connectivity index (χ0) is 18.6. The molecule has 0 unspecified atom stereocenters. The molecule has 7 heteroatoms. The van der Waals surface area contributed by atoms with E-state index in [-0.39, 0.29) is 5.91 Å². The first-order valence-corrected chi connectivity index (χ1v) is 9.80. The molecule has 0 aliphatic heterocycles. The summed E-state index contributed by atoms with van der Waals surface area (Å²) in [5.74, 6) is 1.88. The van der Waals surface area contributed by atoms with Gasteiger partial charge >= 0.3 is 0 Å². The van der Waals surface area contributed by atoms with Crippen LogP contribution in [0.3, 0.4) is 0 Å². The second-order valence-corrected chi connectivity index (χ2v) is 7.28. The fraction of sp³-hybridized carbons (Fsp3) is 0.250. The van der Waals surface area contributed by atoms with Crippen LogP contribution in [-0.2, 0) is 4.79 Å². The summed E-state index contributed by atoms with van der Waals surface area (Å²) in [5, 5.41) is 12.4. The van der Waals surface area contributed by atoms with E-state index >= 15 is 0 Å². The number of carbonyl (C=O) groups is 1. The third-order valence-corrected chi connectivity index (χ3v) is 5.20. The van der Waals surface area contributed by atoms with Crippen LogP contribution in [0.4, 0.5) is 0 Å². The van der Waals surface area contributed by atoms with Crippen molar-refractivity contribution in [2.45, 2.75) is 24.0 Å². The van der Waals surface area contributed by atoms with E-state index in [1.807, 2.05) is 59.2 Å². The number of thioether (sulfide) groups is 1. The van der Waals surface area contributed by atoms with Gasteiger partial charge < -0.3 is 10.1 Å². The molecule has 1 saturated carbocycles. The lowest BCUT2D eigenvalue weighted by atomic mass is 10.2. The fourth-order valence-electron chi connectivity index (χ4n) is 2.73. The van der Waals surface area contributed by atoms with Gasteiger partial charge in [-0.15, -0.1) is 10.2 Å². The smallest absolute Gasteiger partial charge is 0.230 e. The van der Waals surface area contributed by atoms with Gasteiger partial charge in [0, 0.05) is 17.3 Å². The molecule has 0 radical (unpaired) electrons. The molecule has 2 aromatic carbocycles. The predicted molar refractivity (Wildman–Crippen MR) is 105 cm³/mol. The molecule has 0 atom stereocenters. The molecule has 1 fully saturated rings. The first-order chi connectivity index (χ1) is 13.2. The van der Waals surface area contributed by atoms with Gasteiger partial charge in [-0.2, -0.15) is 0 Å². The van der Waals surface area contributed by atoms with E-state index < -0.39 is 0 Å². The molecule has 4 rings (SSSR count). The van der Waals surface area contributed by atoms with Crippen LogP contribution < -0.4 is 10.1 Å². The third-order valence-electron chi connectivity index (χ3n) is 4.27. The number of hydrogen-bond acceptors (Lipinski definition) is 5. The number of ether oxygens (including phenoxy) is 1. The molecule has 1 amide bonds. The summed E-state index contributed by atoms with van der Waals surface area (Å²) in [4.78, 5) is 12.1. The molecule has 1 N–H and O–H groups in total. The molecular weight excluding hydrogens is 360 g/mol. The molecule has 6 nitrogen and oxygen atoms in total. The number of amides is 1. The quantitative estimate of drug-likeness (QED) is 0.637. The molecule has 1 aliphatic rings. The van der Waals surface area contributed by atoms with Gasteiger partial charge in [0.25, 0.3) is 0 Å². The number of methoxy groups -OCH3 is 1. The molecule has 138 valence electrons. The highest BCUT2D eigenvalue weighted by atomic mass is 32.2. The van der Waals surface area contributed by atoms with E-state index in [1.165, 1.54) is 11.8 Å². The van der Waals surface area contributed by atoms with Crippen molar-refractivity contribution >= 4 is 17.7 Å². The number of rotatable bonds is 7. The Hall–Kier alpha value is -2.80. The van der Waals surface area contributed by atoms with Crippen LogP contribution in [0, 0.1) is 0 Å². The van der Waals surface area contributed by atoms with Gasteiger partial charge in [0.05, 0.1) is 12.9 Å². The summed E-state index contributed by atoms with van der Waals surface area (Å²) in [6.45, 7) is 0. The summed E-state index contributed by atoms with van der Waals surface area (Å²) < 4.78 is 7.23. The average Bonchev–Trinajstić information content (AvgIpc) is 3.42. The number of hydrogen-bond donors (Lipinski definition) is 1. The Morgan fingerprint density at radius 3 is 2.56 bits per heavy atom. The van der Waals surface area contributed by atoms with Crippen LogP contribution in [-0.4, -0.2) is 39.6 Å². The molecule has 1 heterocycles. The molecule has 3 aromatic rings. The number of nitrogens with one attached hydrogen (secondary N) is 1. The summed E-state index contributed by atoms with van der Waals surface area (Å²) >= 11 is 1.39. The van der Waals surface area contributed by atoms with Gasteiger partial charge in [-0.25, -0.2) is 0 Å². The first kappa shape index (κ1) is 17.6. The minimum absolute atomic E-state index is 0.0352. The molecular formula is C20H20N4O2S. The maximum atomic E-state index is 12.1. The number of nitrogens with zero attached hydrogens (tertiary/aromatic N) is 3. The second kappa shape index (κ2) is 7.84. The van der Waals surface area contributed by atoms with Crippen LogP contribution in [0.5, 0.6) is 5.75 Å². The maximum Gasteiger partial charge on any atom is 0.230 e. The third kappa shape index (κ3) is 4.14. The standard InChI is InChI=1S/C20H20N4O2S/c1-26-17-11-9-16(10-12-17)24-19(14-5-3-2-4-6-14)22-23-20(24)27-13-18(25)21-15-7-8-15/h2-6,9-12,15H,7-8,13H2,1H3,(H,21,25). The van der Waals surface area contributed by atoms with Crippen molar-refractivity contribution in [3.63, 3.8) is 0 Å². The Morgan fingerprint density at radius 2 is 1.89 bits per heavy atom. The van der Waals surface area contributed by atoms with E-state index in [9.17, 15) is 4.79 Å². The van der Waals surface area contributed by atoms with Crippen LogP contribution >= 0.6 is 11.8 Å². The lowest BCUT2D eigenvalue weighted by Crippen LogP contribution is -2.27. The second-order valence-electron chi connectivity index (χ2n) is 6.34. The number of carbonyl (C=O) groups excluding carboxylic acids is 1. The van der Waals surface area contributed by atoms with E-state index in [4.69, 9.17) is 4.74 Å². The Kier molecular flexibility index (Phi) is 5.11. The predicted octanol–water partition coefficient (Wildman–Crippen LogP) is 3.31. The Balaban J connectivity index is 1.65. The summed E-state index contributed by atoms with van der Waals surface area (Å²) in [7, 11) is 1.64. The Bertz CT molecular complexity index is 921. The van der Waals surface area contributed by atoms with Crippen molar-refractivity contribution in [1.29, 1.82) is 0 Å². The van der Waals surface area contributed by atoms with E-state index in [1.54, 1.807) is 7.11 Å². The normalized spacial score (nSPS) is 13.4. The minimum atomic E-state index is 0.0352. The van der Waals surface area contributed by atoms with Gasteiger partial charge in [-0.3, -0.25) is 9.36 Å². The van der Waals surface area contributed by atoms with Crippen molar-refractivity contribution in [2.75, 3.05) is 12.9 Å². The van der Waals surface area contributed by atoms with Crippen molar-refractivity contribution in [3.05, 3.63) is 54.6 Å². The maximum absolute atomic E-state index is 12.1. The molecule has 27 heavy (non-hydrogen) atoms. The van der Waals surface area contributed by atoms with Crippen molar-refractivity contribution < 1.29 is 9.53 Å². The first-order valence-electron chi connectivity index (χ1n) is 8.82. The SMILES string of the molecule is COc1ccc(-n2c(SCC(=O)NC3CC3)nnc2-c2ccccc2)cc1. The van der Waals surface area contributed by atoms with Crippen molar-refractivity contribution in [2.24, 2.45) is 0 Å². The van der Waals surface area contributed by atoms with Crippen molar-refractivity contribution in [3.8, 4) is 22.8 Å². The lowest BCUT2D eigenvalue weighted by Gasteiger charge is -2.11. The van der Waals surface area contributed by atoms with Gasteiger partial charge in [-0.05, 0) is 37.1 Å². The fourth-order valence-corrected chi connectivity index (χ4v) is 3.49. The minimum Gasteiger partial charge on any atom is -0.497 e. The summed E-state index contributed by atoms with van der Waals surface area (Å²) in [5.41, 5.74) is 1.89. The largest absolute Gasteiger partial charge is 0.497 e. The van der Waals surface area contributed by atoms with E-state index in [0.29, 0.717) is 17.0 Å². The monoisotopic (exact) mass is 380 g/mol. The zero-order valence-electron chi connectivity index (χ0n) is 15.0. The number of aromatic nitrogens is 3. The summed E-state index contributed by atoms with van der Waals surface area (Å²) in [6, 6.07) is 18.0. The molecule has 1 aromatic heterocycles. The van der Waals surface area contributed by atoms with Crippen LogP contribution in [0.2, 0.25) is 0 Å². The molecule has 1 aliphatic carbocycles. The van der Waals surface area contributed by atoms with Crippen LogP contribution in [0.15, 0.2) is 59.8 Å². The van der Waals surface area contributed by atoms with E-state index in [2.05, 4.69) is 15.5 Å². The van der Waals surface area contributed by atoms with E-state index in [0.717, 1.165) is 35.7 Å². The Labute approximate surface area is 162 Å². The summed E-state index contributed by atoms with van der Waals surface area (Å²) in [6.07, 6.45) is 2.16. The molecule has 0 spiro atoms. The van der Waals surface area contributed by atoms with Gasteiger partial charge in [0.15, 0.2) is 11.0 Å².